The number of ether oxygens (including phenoxy) is 1. The number of sulfonamides is 1. The summed E-state index contributed by atoms with van der Waals surface area (Å²) in [6.07, 6.45) is 1.16. The lowest BCUT2D eigenvalue weighted by Gasteiger charge is -2.41. The molecule has 1 saturated heterocycles. The Labute approximate surface area is 179 Å². The Kier molecular flexibility index (Phi) is 5.16. The van der Waals surface area contributed by atoms with Crippen LogP contribution in [0.4, 0.5) is 14.5 Å². The van der Waals surface area contributed by atoms with E-state index in [4.69, 9.17) is 4.74 Å². The molecule has 162 valence electrons. The van der Waals surface area contributed by atoms with Crippen LogP contribution in [0.25, 0.3) is 10.8 Å². The lowest BCUT2D eigenvalue weighted by Crippen LogP contribution is -2.48. The Hall–Kier alpha value is -2.55. The third-order valence-electron chi connectivity index (χ3n) is 6.14. The van der Waals surface area contributed by atoms with Gasteiger partial charge in [0.15, 0.2) is 11.6 Å². The van der Waals surface area contributed by atoms with Crippen LogP contribution in [0.3, 0.4) is 0 Å². The smallest absolute Gasteiger partial charge is 0.243 e. The Bertz CT molecular complexity index is 1240. The molecule has 0 spiro atoms. The first-order valence-corrected chi connectivity index (χ1v) is 11.7. The Morgan fingerprint density at radius 1 is 0.903 bits per heavy atom. The Morgan fingerprint density at radius 3 is 2.39 bits per heavy atom. The number of hydrogen-bond donors (Lipinski definition) is 0. The van der Waals surface area contributed by atoms with E-state index in [0.29, 0.717) is 37.2 Å². The fourth-order valence-electron chi connectivity index (χ4n) is 4.46. The topological polar surface area (TPSA) is 49.9 Å². The van der Waals surface area contributed by atoms with E-state index in [9.17, 15) is 17.2 Å². The molecule has 0 aliphatic carbocycles. The van der Waals surface area contributed by atoms with Crippen molar-refractivity contribution in [2.45, 2.75) is 30.4 Å². The van der Waals surface area contributed by atoms with Gasteiger partial charge in [-0.2, -0.15) is 4.31 Å². The van der Waals surface area contributed by atoms with Crippen molar-refractivity contribution in [2.75, 3.05) is 24.7 Å². The summed E-state index contributed by atoms with van der Waals surface area (Å²) in [5.74, 6) is -1.78. The van der Waals surface area contributed by atoms with Crippen molar-refractivity contribution in [3.63, 3.8) is 0 Å². The summed E-state index contributed by atoms with van der Waals surface area (Å²) in [6, 6.07) is 15.2. The average molecular weight is 445 g/mol. The SMILES string of the molecule is O=S(=O)(c1ccc2ccccc2c1)N1CCC(N2COCc3cc(F)c(F)cc32)CC1. The third kappa shape index (κ3) is 3.69. The quantitative estimate of drug-likeness (QED) is 0.606. The Balaban J connectivity index is 1.34. The largest absolute Gasteiger partial charge is 0.356 e. The molecule has 8 heteroatoms. The molecule has 2 aliphatic rings. The number of halogens is 2. The summed E-state index contributed by atoms with van der Waals surface area (Å²) in [5, 5.41) is 1.88. The summed E-state index contributed by atoms with van der Waals surface area (Å²) < 4.78 is 60.9. The van der Waals surface area contributed by atoms with Crippen molar-refractivity contribution in [2.24, 2.45) is 0 Å². The molecule has 0 atom stereocenters. The number of fused-ring (bicyclic) bond motifs is 2. The van der Waals surface area contributed by atoms with Crippen molar-refractivity contribution in [3.05, 3.63) is 71.8 Å². The van der Waals surface area contributed by atoms with E-state index in [1.54, 1.807) is 12.1 Å². The first kappa shape index (κ1) is 20.4. The van der Waals surface area contributed by atoms with Crippen LogP contribution in [0.1, 0.15) is 18.4 Å². The van der Waals surface area contributed by atoms with Crippen LogP contribution >= 0.6 is 0 Å². The highest BCUT2D eigenvalue weighted by atomic mass is 32.2. The van der Waals surface area contributed by atoms with Gasteiger partial charge in [0.2, 0.25) is 10.0 Å². The van der Waals surface area contributed by atoms with Crippen LogP contribution in [-0.4, -0.2) is 38.6 Å². The summed E-state index contributed by atoms with van der Waals surface area (Å²) >= 11 is 0. The number of benzene rings is 3. The average Bonchev–Trinajstić information content (AvgIpc) is 2.79. The number of rotatable bonds is 3. The molecular weight excluding hydrogens is 422 g/mol. The molecule has 3 aromatic carbocycles. The lowest BCUT2D eigenvalue weighted by molar-refractivity contribution is 0.0983. The van der Waals surface area contributed by atoms with Gasteiger partial charge in [0.05, 0.1) is 11.5 Å². The van der Waals surface area contributed by atoms with Gasteiger partial charge in [-0.1, -0.05) is 30.3 Å². The molecular formula is C23H22F2N2O3S. The van der Waals surface area contributed by atoms with Crippen LogP contribution in [0.2, 0.25) is 0 Å². The number of anilines is 1. The number of piperidine rings is 1. The van der Waals surface area contributed by atoms with Gasteiger partial charge in [-0.3, -0.25) is 0 Å². The van der Waals surface area contributed by atoms with E-state index in [-0.39, 0.29) is 24.3 Å². The molecule has 2 heterocycles. The van der Waals surface area contributed by atoms with Crippen LogP contribution < -0.4 is 4.90 Å². The molecule has 0 radical (unpaired) electrons. The van der Waals surface area contributed by atoms with Crippen LogP contribution in [-0.2, 0) is 21.4 Å². The van der Waals surface area contributed by atoms with E-state index in [2.05, 4.69) is 0 Å². The normalized spacial score (nSPS) is 18.3. The molecule has 0 saturated carbocycles. The van der Waals surface area contributed by atoms with E-state index in [1.807, 2.05) is 35.2 Å². The van der Waals surface area contributed by atoms with Crippen LogP contribution in [0, 0.1) is 11.6 Å². The number of nitrogens with zero attached hydrogens (tertiary/aromatic N) is 2. The minimum atomic E-state index is -3.61. The maximum Gasteiger partial charge on any atom is 0.243 e. The van der Waals surface area contributed by atoms with Gasteiger partial charge in [0, 0.05) is 36.4 Å². The maximum absolute atomic E-state index is 13.8. The van der Waals surface area contributed by atoms with Crippen LogP contribution in [0.15, 0.2) is 59.5 Å². The van der Waals surface area contributed by atoms with Gasteiger partial charge in [-0.25, -0.2) is 17.2 Å². The highest BCUT2D eigenvalue weighted by Gasteiger charge is 2.34. The van der Waals surface area contributed by atoms with E-state index in [1.165, 1.54) is 16.4 Å². The maximum atomic E-state index is 13.8. The lowest BCUT2D eigenvalue weighted by atomic mass is 10.0. The van der Waals surface area contributed by atoms with Crippen molar-refractivity contribution in [1.29, 1.82) is 0 Å². The highest BCUT2D eigenvalue weighted by molar-refractivity contribution is 7.89. The molecule has 5 nitrogen and oxygen atoms in total. The molecule has 0 aromatic heterocycles. The van der Waals surface area contributed by atoms with Gasteiger partial charge in [-0.15, -0.1) is 0 Å². The van der Waals surface area contributed by atoms with Gasteiger partial charge in [0.25, 0.3) is 0 Å². The Morgan fingerprint density at radius 2 is 1.61 bits per heavy atom. The highest BCUT2D eigenvalue weighted by Crippen LogP contribution is 2.33. The summed E-state index contributed by atoms with van der Waals surface area (Å²) in [7, 11) is -3.61. The van der Waals surface area contributed by atoms with Gasteiger partial charge in [-0.05, 0) is 41.8 Å². The first-order valence-electron chi connectivity index (χ1n) is 10.2. The zero-order valence-corrected chi connectivity index (χ0v) is 17.6. The van der Waals surface area contributed by atoms with Gasteiger partial charge < -0.3 is 9.64 Å². The second-order valence-corrected chi connectivity index (χ2v) is 9.92. The monoisotopic (exact) mass is 444 g/mol. The molecule has 0 N–H and O–H groups in total. The fourth-order valence-corrected chi connectivity index (χ4v) is 5.96. The van der Waals surface area contributed by atoms with Crippen molar-refractivity contribution < 1.29 is 21.9 Å². The van der Waals surface area contributed by atoms with Crippen LogP contribution in [0.5, 0.6) is 0 Å². The minimum absolute atomic E-state index is 0.00744. The van der Waals surface area contributed by atoms with E-state index in [0.717, 1.165) is 10.8 Å². The van der Waals surface area contributed by atoms with Crippen molar-refractivity contribution in [1.82, 2.24) is 4.31 Å². The minimum Gasteiger partial charge on any atom is -0.356 e. The summed E-state index contributed by atoms with van der Waals surface area (Å²) in [5.41, 5.74) is 1.23. The van der Waals surface area contributed by atoms with Gasteiger partial charge in [0.1, 0.15) is 6.73 Å². The summed E-state index contributed by atoms with van der Waals surface area (Å²) in [6.45, 7) is 1.23. The first-order chi connectivity index (χ1) is 14.9. The predicted molar refractivity (Wildman–Crippen MR) is 114 cm³/mol. The standard InChI is InChI=1S/C23H22F2N2O3S/c24-21-12-18-14-30-15-27(23(18)13-22(21)25)19-7-9-26(10-8-19)31(28,29)20-6-5-16-3-1-2-4-17(16)11-20/h1-6,11-13,19H,7-10,14-15H2. The second-order valence-electron chi connectivity index (χ2n) is 7.99. The predicted octanol–water partition coefficient (Wildman–Crippen LogP) is 4.27. The molecule has 31 heavy (non-hydrogen) atoms. The molecule has 5 rings (SSSR count). The third-order valence-corrected chi connectivity index (χ3v) is 8.04. The molecule has 1 fully saturated rings. The zero-order chi connectivity index (χ0) is 21.6. The molecule has 2 aliphatic heterocycles. The second kappa shape index (κ2) is 7.85. The zero-order valence-electron chi connectivity index (χ0n) is 16.8. The molecule has 3 aromatic rings. The molecule has 0 bridgehead atoms. The number of hydrogen-bond acceptors (Lipinski definition) is 4. The summed E-state index contributed by atoms with van der Waals surface area (Å²) in [4.78, 5) is 2.20. The molecule has 0 unspecified atom stereocenters. The molecule has 0 amide bonds. The van der Waals surface area contributed by atoms with Crippen molar-refractivity contribution in [3.8, 4) is 0 Å². The van der Waals surface area contributed by atoms with Crippen molar-refractivity contribution >= 4 is 26.5 Å². The van der Waals surface area contributed by atoms with E-state index >= 15 is 0 Å². The van der Waals surface area contributed by atoms with Gasteiger partial charge >= 0.3 is 0 Å². The van der Waals surface area contributed by atoms with E-state index < -0.39 is 21.7 Å². The fraction of sp³-hybridized carbons (Fsp3) is 0.304.